The Balaban J connectivity index is 2.39. The molecule has 1 aromatic carbocycles. The van der Waals surface area contributed by atoms with Crippen LogP contribution in [-0.2, 0) is 18.9 Å². The van der Waals surface area contributed by atoms with Crippen molar-refractivity contribution in [2.75, 3.05) is 32.7 Å². The van der Waals surface area contributed by atoms with E-state index in [0.717, 1.165) is 0 Å². The van der Waals surface area contributed by atoms with Crippen LogP contribution in [0, 0.1) is 0 Å². The Hall–Kier alpha value is -3.17. The summed E-state index contributed by atoms with van der Waals surface area (Å²) in [6.45, 7) is 5.04. The molecule has 2 aromatic rings. The number of carbonyl (C=O) groups excluding carboxylic acids is 2. The predicted octanol–water partition coefficient (Wildman–Crippen LogP) is 3.03. The molecule has 0 aliphatic carbocycles. The van der Waals surface area contributed by atoms with E-state index in [1.165, 1.54) is 13.2 Å². The minimum atomic E-state index is -0.825. The maximum atomic E-state index is 12.4. The van der Waals surface area contributed by atoms with Crippen LogP contribution in [0.15, 0.2) is 30.3 Å². The molecule has 0 fully saturated rings. The Morgan fingerprint density at radius 2 is 1.63 bits per heavy atom. The summed E-state index contributed by atoms with van der Waals surface area (Å²) in [4.78, 5) is 29.0. The van der Waals surface area contributed by atoms with Crippen LogP contribution in [0.5, 0.6) is 5.75 Å². The molecule has 0 spiro atoms. The lowest BCUT2D eigenvalue weighted by Gasteiger charge is -2.17. The molecule has 1 aromatic heterocycles. The van der Waals surface area contributed by atoms with E-state index in [-0.39, 0.29) is 30.2 Å². The average molecular weight is 418 g/mol. The first kappa shape index (κ1) is 23.1. The smallest absolute Gasteiger partial charge is 0.342 e. The normalized spacial score (nSPS) is 11.6. The molecule has 0 aliphatic heterocycles. The number of nitrogens with two attached hydrogens (primary N) is 1. The van der Waals surface area contributed by atoms with Gasteiger partial charge in [-0.25, -0.2) is 14.6 Å². The number of rotatable bonds is 10. The van der Waals surface area contributed by atoms with Crippen molar-refractivity contribution in [3.8, 4) is 17.0 Å². The van der Waals surface area contributed by atoms with Crippen LogP contribution in [0.4, 0.5) is 5.82 Å². The fourth-order valence-corrected chi connectivity index (χ4v) is 2.60. The maximum absolute atomic E-state index is 12.4. The molecule has 1 atom stereocenters. The van der Waals surface area contributed by atoms with Gasteiger partial charge in [-0.1, -0.05) is 0 Å². The molecule has 0 saturated carbocycles. The summed E-state index contributed by atoms with van der Waals surface area (Å²) >= 11 is 0. The van der Waals surface area contributed by atoms with Crippen molar-refractivity contribution in [2.45, 2.75) is 27.2 Å². The quantitative estimate of drug-likeness (QED) is 0.458. The van der Waals surface area contributed by atoms with Gasteiger partial charge in [0.05, 0.1) is 31.1 Å². The van der Waals surface area contributed by atoms with E-state index < -0.39 is 18.4 Å². The molecule has 2 rings (SSSR count). The fraction of sp³-hybridized carbons (Fsp3) is 0.381. The summed E-state index contributed by atoms with van der Waals surface area (Å²) in [6.07, 6.45) is 0. The van der Waals surface area contributed by atoms with Crippen molar-refractivity contribution in [1.29, 1.82) is 0 Å². The van der Waals surface area contributed by atoms with Gasteiger partial charge in [-0.2, -0.15) is 0 Å². The number of nitrogens with zero attached hydrogens (tertiary/aromatic N) is 1. The zero-order valence-electron chi connectivity index (χ0n) is 17.5. The number of ether oxygens (including phenoxy) is 5. The summed E-state index contributed by atoms with van der Waals surface area (Å²) in [6, 6.07) is 8.31. The number of hydrogen-bond acceptors (Lipinski definition) is 9. The van der Waals surface area contributed by atoms with E-state index in [4.69, 9.17) is 29.4 Å². The number of benzene rings is 1. The summed E-state index contributed by atoms with van der Waals surface area (Å²) in [5.74, 6) is -1.02. The number of hydrogen-bond donors (Lipinski definition) is 1. The zero-order chi connectivity index (χ0) is 22.1. The summed E-state index contributed by atoms with van der Waals surface area (Å²) in [5, 5.41) is 0. The Bertz CT molecular complexity index is 868. The molecule has 0 saturated heterocycles. The molecular formula is C21H26N2O7. The topological polar surface area (TPSA) is 119 Å². The van der Waals surface area contributed by atoms with E-state index >= 15 is 0 Å². The third-order valence-electron chi connectivity index (χ3n) is 3.90. The van der Waals surface area contributed by atoms with Crippen molar-refractivity contribution in [3.63, 3.8) is 0 Å². The molecule has 0 amide bonds. The maximum Gasteiger partial charge on any atom is 0.342 e. The molecule has 30 heavy (non-hydrogen) atoms. The minimum absolute atomic E-state index is 0.00563. The lowest BCUT2D eigenvalue weighted by atomic mass is 10.0. The van der Waals surface area contributed by atoms with Crippen LogP contribution in [0.2, 0.25) is 0 Å². The largest absolute Gasteiger partial charge is 0.462 e. The molecule has 9 nitrogen and oxygen atoms in total. The van der Waals surface area contributed by atoms with E-state index in [1.807, 2.05) is 6.92 Å². The van der Waals surface area contributed by atoms with Crippen LogP contribution < -0.4 is 10.5 Å². The van der Waals surface area contributed by atoms with Crippen LogP contribution >= 0.6 is 0 Å². The molecule has 0 radical (unpaired) electrons. The van der Waals surface area contributed by atoms with Crippen molar-refractivity contribution < 1.29 is 33.3 Å². The third kappa shape index (κ3) is 5.68. The van der Waals surface area contributed by atoms with Crippen LogP contribution in [0.3, 0.4) is 0 Å². The number of nitrogen functional groups attached to an aromatic ring is 1. The van der Waals surface area contributed by atoms with E-state index in [9.17, 15) is 9.59 Å². The summed E-state index contributed by atoms with van der Waals surface area (Å²) in [5.41, 5.74) is 6.92. The second-order valence-corrected chi connectivity index (χ2v) is 5.88. The highest BCUT2D eigenvalue weighted by atomic mass is 16.8. The standard InChI is InChI=1S/C21H26N2O7/c1-5-27-19(24)15-12-16(23-18(22)17(15)20(25)28-6-2)13-8-10-14(11-9-13)30-21(26-4)29-7-3/h8-12,21H,5-7H2,1-4H3,(H2,22,23). The molecule has 0 bridgehead atoms. The van der Waals surface area contributed by atoms with Crippen LogP contribution in [0.1, 0.15) is 41.5 Å². The monoisotopic (exact) mass is 418 g/mol. The number of methoxy groups -OCH3 is 1. The number of anilines is 1. The first-order chi connectivity index (χ1) is 14.4. The van der Waals surface area contributed by atoms with Gasteiger partial charge in [0.25, 0.3) is 0 Å². The van der Waals surface area contributed by atoms with E-state index in [0.29, 0.717) is 23.6 Å². The fourth-order valence-electron chi connectivity index (χ4n) is 2.60. The number of esters is 2. The summed E-state index contributed by atoms with van der Waals surface area (Å²) in [7, 11) is 1.48. The van der Waals surface area contributed by atoms with Crippen LogP contribution in [0.25, 0.3) is 11.3 Å². The highest BCUT2D eigenvalue weighted by molar-refractivity contribution is 6.07. The SMILES string of the molecule is CCOC(=O)c1cc(-c2ccc(OC(OC)OCC)cc2)nc(N)c1C(=O)OCC. The van der Waals surface area contributed by atoms with Gasteiger partial charge in [0.15, 0.2) is 0 Å². The first-order valence-corrected chi connectivity index (χ1v) is 9.51. The highest BCUT2D eigenvalue weighted by Gasteiger charge is 2.25. The second kappa shape index (κ2) is 11.1. The molecule has 0 aliphatic rings. The summed E-state index contributed by atoms with van der Waals surface area (Å²) < 4.78 is 26.0. The van der Waals surface area contributed by atoms with Crippen molar-refractivity contribution in [2.24, 2.45) is 0 Å². The Labute approximate surface area is 175 Å². The van der Waals surface area contributed by atoms with Gasteiger partial charge in [-0.3, -0.25) is 0 Å². The van der Waals surface area contributed by atoms with Crippen molar-refractivity contribution in [1.82, 2.24) is 4.98 Å². The Morgan fingerprint density at radius 1 is 1.00 bits per heavy atom. The first-order valence-electron chi connectivity index (χ1n) is 9.51. The molecule has 1 heterocycles. The minimum Gasteiger partial charge on any atom is -0.462 e. The number of pyridine rings is 1. The van der Waals surface area contributed by atoms with Gasteiger partial charge in [0.2, 0.25) is 0 Å². The van der Waals surface area contributed by atoms with Gasteiger partial charge < -0.3 is 29.4 Å². The number of carbonyl (C=O) groups is 2. The van der Waals surface area contributed by atoms with E-state index in [1.54, 1.807) is 38.1 Å². The molecule has 9 heteroatoms. The average Bonchev–Trinajstić information content (AvgIpc) is 2.73. The second-order valence-electron chi connectivity index (χ2n) is 5.88. The van der Waals surface area contributed by atoms with Gasteiger partial charge in [-0.15, -0.1) is 0 Å². The molecule has 162 valence electrons. The van der Waals surface area contributed by atoms with Crippen LogP contribution in [-0.4, -0.2) is 50.3 Å². The predicted molar refractivity (Wildman–Crippen MR) is 109 cm³/mol. The lowest BCUT2D eigenvalue weighted by molar-refractivity contribution is -0.231. The van der Waals surface area contributed by atoms with Crippen molar-refractivity contribution in [3.05, 3.63) is 41.5 Å². The Morgan fingerprint density at radius 3 is 2.20 bits per heavy atom. The van der Waals surface area contributed by atoms with Gasteiger partial charge in [0, 0.05) is 12.7 Å². The van der Waals surface area contributed by atoms with Crippen molar-refractivity contribution >= 4 is 17.8 Å². The van der Waals surface area contributed by atoms with E-state index in [2.05, 4.69) is 4.98 Å². The molecule has 1 unspecified atom stereocenters. The highest BCUT2D eigenvalue weighted by Crippen LogP contribution is 2.27. The zero-order valence-corrected chi connectivity index (χ0v) is 17.5. The van der Waals surface area contributed by atoms with Gasteiger partial charge in [-0.05, 0) is 51.1 Å². The third-order valence-corrected chi connectivity index (χ3v) is 3.90. The lowest BCUT2D eigenvalue weighted by Crippen LogP contribution is -2.22. The number of aromatic nitrogens is 1. The molecule has 2 N–H and O–H groups in total. The molecular weight excluding hydrogens is 392 g/mol. The van der Waals surface area contributed by atoms with Gasteiger partial charge >= 0.3 is 18.4 Å². The van der Waals surface area contributed by atoms with Gasteiger partial charge in [0.1, 0.15) is 17.1 Å². The Kier molecular flexibility index (Phi) is 8.57.